The van der Waals surface area contributed by atoms with Crippen LogP contribution in [-0.2, 0) is 19.5 Å². The van der Waals surface area contributed by atoms with Crippen LogP contribution in [0, 0.1) is 0 Å². The van der Waals surface area contributed by atoms with Crippen molar-refractivity contribution in [3.8, 4) is 0 Å². The van der Waals surface area contributed by atoms with Crippen LogP contribution in [0.2, 0.25) is 0 Å². The highest BCUT2D eigenvalue weighted by molar-refractivity contribution is 8.13. The van der Waals surface area contributed by atoms with Crippen LogP contribution >= 0.6 is 10.7 Å². The van der Waals surface area contributed by atoms with Gasteiger partial charge in [-0.15, -0.1) is 0 Å². The first-order valence-electron chi connectivity index (χ1n) is 7.44. The summed E-state index contributed by atoms with van der Waals surface area (Å²) in [5.74, 6) is -0.862. The van der Waals surface area contributed by atoms with Crippen LogP contribution in [0.1, 0.15) is 33.7 Å². The number of halogens is 1. The number of hydrogen-bond donors (Lipinski definition) is 0. The third kappa shape index (κ3) is 4.20. The van der Waals surface area contributed by atoms with Crippen molar-refractivity contribution in [2.24, 2.45) is 0 Å². The summed E-state index contributed by atoms with van der Waals surface area (Å²) in [6, 6.07) is -2.32. The summed E-state index contributed by atoms with van der Waals surface area (Å²) < 4.78 is 79.2. The Morgan fingerprint density at radius 3 is 2.60 bits per heavy atom. The van der Waals surface area contributed by atoms with E-state index in [1.807, 2.05) is 0 Å². The van der Waals surface area contributed by atoms with E-state index < -0.39 is 52.1 Å². The Kier molecular flexibility index (Phi) is 1.87. The van der Waals surface area contributed by atoms with E-state index in [2.05, 4.69) is 4.74 Å². The molecular weight excluding hydrogens is 236 g/mol. The second kappa shape index (κ2) is 4.96. The molecule has 0 spiro atoms. The van der Waals surface area contributed by atoms with Gasteiger partial charge in [-0.3, -0.25) is 0 Å². The Bertz CT molecular complexity index is 658. The van der Waals surface area contributed by atoms with Crippen molar-refractivity contribution in [1.29, 1.82) is 0 Å². The van der Waals surface area contributed by atoms with Crippen molar-refractivity contribution in [2.75, 3.05) is 7.04 Å². The number of rotatable bonds is 4. The van der Waals surface area contributed by atoms with E-state index in [1.165, 1.54) is 6.92 Å². The van der Waals surface area contributed by atoms with Crippen molar-refractivity contribution in [3.05, 3.63) is 35.3 Å². The van der Waals surface area contributed by atoms with Gasteiger partial charge in [0, 0.05) is 17.7 Å². The second-order valence-electron chi connectivity index (χ2n) is 2.84. The SMILES string of the molecule is [2H]c1c([2H])c([C@H](C)OC([2H])([2H])[2H])c([2H])c([2H])c1CS(=O)(=O)Cl. The quantitative estimate of drug-likeness (QED) is 0.777. The third-order valence-corrected chi connectivity index (χ3v) is 2.56. The lowest BCUT2D eigenvalue weighted by atomic mass is 10.1. The van der Waals surface area contributed by atoms with E-state index in [0.717, 1.165) is 0 Å². The van der Waals surface area contributed by atoms with Crippen molar-refractivity contribution in [3.63, 3.8) is 0 Å². The summed E-state index contributed by atoms with van der Waals surface area (Å²) in [7, 11) is -1.76. The number of benzene rings is 1. The van der Waals surface area contributed by atoms with Crippen LogP contribution in [0.15, 0.2) is 24.2 Å². The van der Waals surface area contributed by atoms with Gasteiger partial charge < -0.3 is 4.74 Å². The maximum absolute atomic E-state index is 11.1. The Balaban J connectivity index is 3.46. The standard InChI is InChI=1S/C10H13ClO3S/c1-8(14-2)10-5-3-9(4-6-10)7-15(11,12)13/h3-6,8H,7H2,1-2H3/t8-/m0/s1/i2D3,3D,4D,5D,6D. The van der Waals surface area contributed by atoms with Gasteiger partial charge in [0.05, 0.1) is 21.5 Å². The van der Waals surface area contributed by atoms with Gasteiger partial charge in [0.2, 0.25) is 9.05 Å². The minimum absolute atomic E-state index is 0.262. The lowest BCUT2D eigenvalue weighted by Gasteiger charge is -2.09. The molecule has 0 fully saturated rings. The lowest BCUT2D eigenvalue weighted by molar-refractivity contribution is 0.119. The molecule has 0 aromatic heterocycles. The average Bonchev–Trinajstić information content (AvgIpc) is 2.29. The molecule has 0 amide bonds. The van der Waals surface area contributed by atoms with Crippen LogP contribution in [0.25, 0.3) is 0 Å². The first kappa shape index (κ1) is 5.66. The maximum atomic E-state index is 11.1. The highest BCUT2D eigenvalue weighted by atomic mass is 35.7. The first-order chi connectivity index (χ1) is 9.74. The molecule has 0 aliphatic heterocycles. The summed E-state index contributed by atoms with van der Waals surface area (Å²) in [4.78, 5) is 0. The molecule has 3 nitrogen and oxygen atoms in total. The molecule has 15 heavy (non-hydrogen) atoms. The molecule has 0 bridgehead atoms. The fourth-order valence-corrected chi connectivity index (χ4v) is 1.67. The van der Waals surface area contributed by atoms with Gasteiger partial charge in [0.1, 0.15) is 0 Å². The average molecular weight is 256 g/mol. The summed E-state index contributed by atoms with van der Waals surface area (Å²) in [6.45, 7) is 1.27. The molecule has 0 saturated carbocycles. The zero-order chi connectivity index (χ0) is 17.5. The van der Waals surface area contributed by atoms with E-state index >= 15 is 0 Å². The van der Waals surface area contributed by atoms with Crippen molar-refractivity contribution >= 4 is 19.7 Å². The fraction of sp³-hybridized carbons (Fsp3) is 0.400. The smallest absolute Gasteiger partial charge is 0.236 e. The highest BCUT2D eigenvalue weighted by Crippen LogP contribution is 2.17. The molecule has 1 aromatic carbocycles. The minimum Gasteiger partial charge on any atom is -0.377 e. The Labute approximate surface area is 104 Å². The van der Waals surface area contributed by atoms with E-state index in [-0.39, 0.29) is 11.1 Å². The Hall–Kier alpha value is -0.580. The monoisotopic (exact) mass is 255 g/mol. The van der Waals surface area contributed by atoms with Gasteiger partial charge in [-0.2, -0.15) is 0 Å². The van der Waals surface area contributed by atoms with Crippen molar-refractivity contribution in [2.45, 2.75) is 18.8 Å². The predicted octanol–water partition coefficient (Wildman–Crippen LogP) is 2.46. The fourth-order valence-electron chi connectivity index (χ4n) is 0.855. The van der Waals surface area contributed by atoms with E-state index in [4.69, 9.17) is 20.3 Å². The molecule has 1 atom stereocenters. The van der Waals surface area contributed by atoms with E-state index in [1.54, 1.807) is 0 Å². The second-order valence-corrected chi connectivity index (χ2v) is 5.61. The van der Waals surface area contributed by atoms with Crippen LogP contribution < -0.4 is 0 Å². The molecule has 0 radical (unpaired) electrons. The molecule has 0 aliphatic rings. The molecule has 5 heteroatoms. The zero-order valence-electron chi connectivity index (χ0n) is 14.8. The summed E-state index contributed by atoms with van der Waals surface area (Å²) in [6.07, 6.45) is -1.23. The van der Waals surface area contributed by atoms with Crippen molar-refractivity contribution in [1.82, 2.24) is 0 Å². The van der Waals surface area contributed by atoms with Gasteiger partial charge >= 0.3 is 0 Å². The molecule has 0 saturated heterocycles. The van der Waals surface area contributed by atoms with Gasteiger partial charge in [0.15, 0.2) is 0 Å². The Morgan fingerprint density at radius 2 is 2.13 bits per heavy atom. The normalized spacial score (nSPS) is 21.3. The van der Waals surface area contributed by atoms with E-state index in [0.29, 0.717) is 0 Å². The first-order valence-corrected chi connectivity index (χ1v) is 6.41. The van der Waals surface area contributed by atoms with Crippen LogP contribution in [0.3, 0.4) is 0 Å². The van der Waals surface area contributed by atoms with Gasteiger partial charge in [0.25, 0.3) is 0 Å². The molecule has 0 heterocycles. The zero-order valence-corrected chi connectivity index (χ0v) is 9.37. The Morgan fingerprint density at radius 1 is 1.53 bits per heavy atom. The maximum Gasteiger partial charge on any atom is 0.236 e. The molecule has 84 valence electrons. The van der Waals surface area contributed by atoms with Gasteiger partial charge in [-0.05, 0) is 18.1 Å². The number of ether oxygens (including phenoxy) is 1. The minimum atomic E-state index is -4.07. The van der Waals surface area contributed by atoms with Crippen LogP contribution in [0.4, 0.5) is 0 Å². The molecule has 0 N–H and O–H groups in total. The van der Waals surface area contributed by atoms with Gasteiger partial charge in [-0.1, -0.05) is 24.2 Å². The summed E-state index contributed by atoms with van der Waals surface area (Å²) >= 11 is 0. The summed E-state index contributed by atoms with van der Waals surface area (Å²) in [5.41, 5.74) is -0.642. The van der Waals surface area contributed by atoms with Crippen LogP contribution in [0.5, 0.6) is 0 Å². The third-order valence-electron chi connectivity index (χ3n) is 1.60. The molecular formula is C10H13ClO3S. The number of methoxy groups -OCH3 is 1. The summed E-state index contributed by atoms with van der Waals surface area (Å²) in [5, 5.41) is 0. The lowest BCUT2D eigenvalue weighted by Crippen LogP contribution is -1.98. The highest BCUT2D eigenvalue weighted by Gasteiger charge is 2.08. The van der Waals surface area contributed by atoms with Gasteiger partial charge in [-0.25, -0.2) is 8.42 Å². The largest absolute Gasteiger partial charge is 0.377 e. The number of hydrogen-bond acceptors (Lipinski definition) is 3. The molecule has 0 unspecified atom stereocenters. The van der Waals surface area contributed by atoms with Crippen molar-refractivity contribution < 1.29 is 22.7 Å². The van der Waals surface area contributed by atoms with Crippen LogP contribution in [-0.4, -0.2) is 15.5 Å². The molecule has 1 aromatic rings. The topological polar surface area (TPSA) is 43.4 Å². The van der Waals surface area contributed by atoms with E-state index in [9.17, 15) is 8.42 Å². The predicted molar refractivity (Wildman–Crippen MR) is 60.3 cm³/mol. The molecule has 0 aliphatic carbocycles. The molecule has 1 rings (SSSR count).